The molecule has 190 valence electrons. The molecule has 0 bridgehead atoms. The first kappa shape index (κ1) is 26.2. The van der Waals surface area contributed by atoms with E-state index in [9.17, 15) is 14.4 Å². The minimum Gasteiger partial charge on any atom is -0.465 e. The van der Waals surface area contributed by atoms with Gasteiger partial charge in [0.1, 0.15) is 0 Å². The lowest BCUT2D eigenvalue weighted by Crippen LogP contribution is -2.36. The number of amides is 4. The Morgan fingerprint density at radius 3 is 2.57 bits per heavy atom. The standard InChI is InChI=1S/C23H31N5O6S/c1-13(2)34-23(33)27-16-7-8-17(18(11-16)28-21(30)24-9-10-29)19-12-25-20(35-19)14-3-5-15(6-4-14)26-22(31)32/h7-8,11-15,26,29H,3-6,9-10H2,1-2H3,(H,27,33)(H,31,32)(H2,24,28,30). The molecule has 0 atom stereocenters. The number of benzene rings is 1. The summed E-state index contributed by atoms with van der Waals surface area (Å²) < 4.78 is 5.12. The highest BCUT2D eigenvalue weighted by molar-refractivity contribution is 7.15. The number of thiazole rings is 1. The first-order valence-electron chi connectivity index (χ1n) is 11.5. The number of ether oxygens (including phenoxy) is 1. The maximum Gasteiger partial charge on any atom is 0.411 e. The van der Waals surface area contributed by atoms with Gasteiger partial charge in [0.2, 0.25) is 0 Å². The molecule has 1 aromatic heterocycles. The van der Waals surface area contributed by atoms with Crippen molar-refractivity contribution in [2.45, 2.75) is 57.6 Å². The number of hydrogen-bond acceptors (Lipinski definition) is 7. The van der Waals surface area contributed by atoms with E-state index in [0.717, 1.165) is 41.1 Å². The highest BCUT2D eigenvalue weighted by Gasteiger charge is 2.26. The van der Waals surface area contributed by atoms with Crippen molar-refractivity contribution >= 4 is 40.9 Å². The second-order valence-electron chi connectivity index (χ2n) is 8.50. The number of rotatable bonds is 8. The predicted molar refractivity (Wildman–Crippen MR) is 133 cm³/mol. The van der Waals surface area contributed by atoms with E-state index >= 15 is 0 Å². The van der Waals surface area contributed by atoms with Crippen LogP contribution in [0.4, 0.5) is 25.8 Å². The van der Waals surface area contributed by atoms with Gasteiger partial charge in [-0.2, -0.15) is 0 Å². The molecule has 3 rings (SSSR count). The molecule has 2 aromatic rings. The Morgan fingerprint density at radius 2 is 1.91 bits per heavy atom. The van der Waals surface area contributed by atoms with Gasteiger partial charge in [0, 0.05) is 36.0 Å². The fraction of sp³-hybridized carbons (Fsp3) is 0.478. The van der Waals surface area contributed by atoms with Gasteiger partial charge >= 0.3 is 18.2 Å². The Balaban J connectivity index is 1.78. The Hall–Kier alpha value is -3.38. The molecular weight excluding hydrogens is 474 g/mol. The molecule has 1 fully saturated rings. The summed E-state index contributed by atoms with van der Waals surface area (Å²) in [5, 5.41) is 29.4. The van der Waals surface area contributed by atoms with Crippen LogP contribution >= 0.6 is 11.3 Å². The Kier molecular flexibility index (Phi) is 9.26. The van der Waals surface area contributed by atoms with Crippen LogP contribution in [0.1, 0.15) is 50.5 Å². The Morgan fingerprint density at radius 1 is 1.17 bits per heavy atom. The molecule has 4 amide bonds. The molecule has 0 saturated heterocycles. The molecule has 0 spiro atoms. The lowest BCUT2D eigenvalue weighted by Gasteiger charge is -2.27. The summed E-state index contributed by atoms with van der Waals surface area (Å²) in [6.45, 7) is 3.41. The van der Waals surface area contributed by atoms with Crippen LogP contribution < -0.4 is 21.3 Å². The van der Waals surface area contributed by atoms with Crippen molar-refractivity contribution < 1.29 is 29.3 Å². The van der Waals surface area contributed by atoms with Gasteiger partial charge in [0.15, 0.2) is 0 Å². The fourth-order valence-corrected chi connectivity index (χ4v) is 5.02. The smallest absolute Gasteiger partial charge is 0.411 e. The number of carbonyl (C=O) groups excluding carboxylic acids is 2. The number of aliphatic hydroxyl groups is 1. The van der Waals surface area contributed by atoms with E-state index in [4.69, 9.17) is 14.9 Å². The van der Waals surface area contributed by atoms with Gasteiger partial charge in [0.05, 0.1) is 28.3 Å². The molecular formula is C23H31N5O6S. The van der Waals surface area contributed by atoms with Gasteiger partial charge in [-0.25, -0.2) is 19.4 Å². The summed E-state index contributed by atoms with van der Waals surface area (Å²) in [5.41, 5.74) is 1.65. The second kappa shape index (κ2) is 12.4. The Labute approximate surface area is 207 Å². The average molecular weight is 506 g/mol. The van der Waals surface area contributed by atoms with Crippen LogP contribution in [0.2, 0.25) is 0 Å². The quantitative estimate of drug-likeness (QED) is 0.314. The summed E-state index contributed by atoms with van der Waals surface area (Å²) in [7, 11) is 0. The SMILES string of the molecule is CC(C)OC(=O)Nc1ccc(-c2cnc(C3CCC(NC(=O)O)CC3)s2)c(NC(=O)NCCO)c1. The summed E-state index contributed by atoms with van der Waals surface area (Å²) in [6, 6.07) is 4.63. The number of nitrogens with one attached hydrogen (secondary N) is 4. The third-order valence-corrected chi connectivity index (χ3v) is 6.64. The van der Waals surface area contributed by atoms with Crippen LogP contribution in [0.15, 0.2) is 24.4 Å². The largest absolute Gasteiger partial charge is 0.465 e. The average Bonchev–Trinajstić information content (AvgIpc) is 3.27. The summed E-state index contributed by atoms with van der Waals surface area (Å²) >= 11 is 1.52. The van der Waals surface area contributed by atoms with E-state index < -0.39 is 18.2 Å². The zero-order valence-electron chi connectivity index (χ0n) is 19.7. The second-order valence-corrected chi connectivity index (χ2v) is 9.57. The number of urea groups is 1. The number of nitrogens with zero attached hydrogens (tertiary/aromatic N) is 1. The van der Waals surface area contributed by atoms with Crippen LogP contribution in [-0.2, 0) is 4.74 Å². The van der Waals surface area contributed by atoms with E-state index in [0.29, 0.717) is 11.4 Å². The normalized spacial score (nSPS) is 17.5. The summed E-state index contributed by atoms with van der Waals surface area (Å²) in [6.07, 6.45) is 3.09. The van der Waals surface area contributed by atoms with Crippen molar-refractivity contribution in [1.82, 2.24) is 15.6 Å². The highest BCUT2D eigenvalue weighted by atomic mass is 32.1. The molecule has 0 aliphatic heterocycles. The lowest BCUT2D eigenvalue weighted by molar-refractivity contribution is 0.130. The van der Waals surface area contributed by atoms with Crippen LogP contribution in [0, 0.1) is 0 Å². The molecule has 1 aliphatic carbocycles. The summed E-state index contributed by atoms with van der Waals surface area (Å²) in [4.78, 5) is 40.6. The zero-order chi connectivity index (χ0) is 25.4. The van der Waals surface area contributed by atoms with Crippen molar-refractivity contribution in [2.75, 3.05) is 23.8 Å². The zero-order valence-corrected chi connectivity index (χ0v) is 20.5. The number of carbonyl (C=O) groups is 3. The number of hydrogen-bond donors (Lipinski definition) is 6. The first-order chi connectivity index (χ1) is 16.7. The van der Waals surface area contributed by atoms with Gasteiger partial charge in [-0.3, -0.25) is 5.32 Å². The molecule has 1 heterocycles. The molecule has 1 aromatic carbocycles. The minimum absolute atomic E-state index is 0.0288. The molecule has 12 heteroatoms. The van der Waals surface area contributed by atoms with E-state index in [1.165, 1.54) is 11.3 Å². The van der Waals surface area contributed by atoms with E-state index in [1.807, 2.05) is 0 Å². The molecule has 1 saturated carbocycles. The van der Waals surface area contributed by atoms with Crippen molar-refractivity contribution in [3.05, 3.63) is 29.4 Å². The van der Waals surface area contributed by atoms with Crippen molar-refractivity contribution in [3.63, 3.8) is 0 Å². The van der Waals surface area contributed by atoms with Gasteiger partial charge in [0.25, 0.3) is 0 Å². The van der Waals surface area contributed by atoms with Gasteiger partial charge in [-0.05, 0) is 57.7 Å². The molecule has 0 radical (unpaired) electrons. The van der Waals surface area contributed by atoms with E-state index in [1.54, 1.807) is 38.2 Å². The lowest BCUT2D eigenvalue weighted by atomic mass is 9.86. The number of aliphatic hydroxyl groups excluding tert-OH is 1. The number of aromatic nitrogens is 1. The molecule has 6 N–H and O–H groups in total. The van der Waals surface area contributed by atoms with Crippen molar-refractivity contribution in [2.24, 2.45) is 0 Å². The fourth-order valence-electron chi connectivity index (χ4n) is 3.90. The van der Waals surface area contributed by atoms with E-state index in [2.05, 4.69) is 26.3 Å². The highest BCUT2D eigenvalue weighted by Crippen LogP contribution is 2.40. The van der Waals surface area contributed by atoms with Gasteiger partial charge in [-0.1, -0.05) is 0 Å². The van der Waals surface area contributed by atoms with Gasteiger partial charge < -0.3 is 30.9 Å². The minimum atomic E-state index is -0.997. The predicted octanol–water partition coefficient (Wildman–Crippen LogP) is 4.17. The molecule has 35 heavy (non-hydrogen) atoms. The maximum atomic E-state index is 12.3. The topological polar surface area (TPSA) is 162 Å². The summed E-state index contributed by atoms with van der Waals surface area (Å²) in [5.74, 6) is 0.247. The maximum absolute atomic E-state index is 12.3. The van der Waals surface area contributed by atoms with Crippen molar-refractivity contribution in [3.8, 4) is 10.4 Å². The van der Waals surface area contributed by atoms with Crippen LogP contribution in [0.3, 0.4) is 0 Å². The molecule has 1 aliphatic rings. The molecule has 11 nitrogen and oxygen atoms in total. The van der Waals surface area contributed by atoms with Crippen LogP contribution in [0.25, 0.3) is 10.4 Å². The third kappa shape index (κ3) is 7.82. The van der Waals surface area contributed by atoms with E-state index in [-0.39, 0.29) is 31.2 Å². The van der Waals surface area contributed by atoms with Crippen LogP contribution in [-0.4, -0.2) is 58.7 Å². The molecule has 0 unspecified atom stereocenters. The van der Waals surface area contributed by atoms with Gasteiger partial charge in [-0.15, -0.1) is 11.3 Å². The number of anilines is 2. The van der Waals surface area contributed by atoms with Crippen molar-refractivity contribution in [1.29, 1.82) is 0 Å². The van der Waals surface area contributed by atoms with Crippen LogP contribution in [0.5, 0.6) is 0 Å². The number of carboxylic acid groups (broad SMARTS) is 1. The first-order valence-corrected chi connectivity index (χ1v) is 12.3. The third-order valence-electron chi connectivity index (χ3n) is 5.45. The Bertz CT molecular complexity index is 1040. The monoisotopic (exact) mass is 505 g/mol.